The fraction of sp³-hybridized carbons (Fsp3) is 0.357. The Morgan fingerprint density at radius 3 is 2.84 bits per heavy atom. The summed E-state index contributed by atoms with van der Waals surface area (Å²) in [6, 6.07) is 7.84. The maximum absolute atomic E-state index is 11.0. The van der Waals surface area contributed by atoms with Crippen LogP contribution >= 0.6 is 0 Å². The van der Waals surface area contributed by atoms with E-state index in [4.69, 9.17) is 5.11 Å². The predicted molar refractivity (Wildman–Crippen MR) is 72.0 cm³/mol. The summed E-state index contributed by atoms with van der Waals surface area (Å²) >= 11 is 0. The summed E-state index contributed by atoms with van der Waals surface area (Å²) in [4.78, 5) is 11.0. The van der Waals surface area contributed by atoms with Crippen LogP contribution in [0.15, 0.2) is 30.5 Å². The van der Waals surface area contributed by atoms with E-state index in [9.17, 15) is 4.79 Å². The second-order valence-corrected chi connectivity index (χ2v) is 5.11. The molecule has 0 saturated heterocycles. The van der Waals surface area contributed by atoms with E-state index in [2.05, 4.69) is 15.5 Å². The second kappa shape index (κ2) is 4.50. The molecule has 1 aromatic heterocycles. The molecular formula is C14H15N3O2. The predicted octanol–water partition coefficient (Wildman–Crippen LogP) is 2.44. The summed E-state index contributed by atoms with van der Waals surface area (Å²) in [6.45, 7) is 0. The Morgan fingerprint density at radius 1 is 1.37 bits per heavy atom. The summed E-state index contributed by atoms with van der Waals surface area (Å²) < 4.78 is 0. The highest BCUT2D eigenvalue weighted by molar-refractivity contribution is 5.91. The molecule has 0 amide bonds. The molecule has 1 aliphatic carbocycles. The van der Waals surface area contributed by atoms with Crippen molar-refractivity contribution >= 4 is 22.6 Å². The number of aliphatic carboxylic acids is 1. The lowest BCUT2D eigenvalue weighted by Gasteiger charge is -2.42. The van der Waals surface area contributed by atoms with Gasteiger partial charge in [-0.05, 0) is 19.3 Å². The fourth-order valence-corrected chi connectivity index (χ4v) is 2.61. The number of rotatable bonds is 4. The van der Waals surface area contributed by atoms with Gasteiger partial charge >= 0.3 is 5.97 Å². The van der Waals surface area contributed by atoms with E-state index < -0.39 is 5.97 Å². The van der Waals surface area contributed by atoms with Crippen molar-refractivity contribution in [3.8, 4) is 0 Å². The summed E-state index contributed by atoms with van der Waals surface area (Å²) in [6.07, 6.45) is 4.62. The molecule has 2 aromatic rings. The molecule has 2 N–H and O–H groups in total. The quantitative estimate of drug-likeness (QED) is 0.879. The summed E-state index contributed by atoms with van der Waals surface area (Å²) in [5, 5.41) is 22.4. The van der Waals surface area contributed by atoms with E-state index in [0.717, 1.165) is 30.0 Å². The van der Waals surface area contributed by atoms with Crippen molar-refractivity contribution in [2.24, 2.45) is 0 Å². The number of hydrogen-bond donors (Lipinski definition) is 2. The number of hydrogen-bond acceptors (Lipinski definition) is 4. The number of carbonyl (C=O) groups is 1. The smallest absolute Gasteiger partial charge is 0.305 e. The van der Waals surface area contributed by atoms with E-state index in [-0.39, 0.29) is 12.0 Å². The summed E-state index contributed by atoms with van der Waals surface area (Å²) in [5.41, 5.74) is -0.357. The molecule has 0 aliphatic heterocycles. The van der Waals surface area contributed by atoms with Gasteiger partial charge in [0.1, 0.15) is 0 Å². The van der Waals surface area contributed by atoms with Crippen molar-refractivity contribution in [1.82, 2.24) is 10.2 Å². The van der Waals surface area contributed by atoms with Crippen LogP contribution in [0.5, 0.6) is 0 Å². The zero-order valence-corrected chi connectivity index (χ0v) is 10.5. The largest absolute Gasteiger partial charge is 0.481 e. The third kappa shape index (κ3) is 2.23. The first-order valence-electron chi connectivity index (χ1n) is 6.39. The number of anilines is 1. The van der Waals surface area contributed by atoms with E-state index in [1.807, 2.05) is 24.3 Å². The summed E-state index contributed by atoms with van der Waals surface area (Å²) in [7, 11) is 0. The van der Waals surface area contributed by atoms with Crippen LogP contribution in [0.3, 0.4) is 0 Å². The van der Waals surface area contributed by atoms with Crippen molar-refractivity contribution in [3.05, 3.63) is 30.5 Å². The topological polar surface area (TPSA) is 75.1 Å². The van der Waals surface area contributed by atoms with Crippen molar-refractivity contribution in [3.63, 3.8) is 0 Å². The molecule has 0 unspecified atom stereocenters. The Bertz CT molecular complexity index is 618. The molecule has 1 heterocycles. The van der Waals surface area contributed by atoms with E-state index in [1.54, 1.807) is 6.20 Å². The van der Waals surface area contributed by atoms with Gasteiger partial charge in [0.2, 0.25) is 0 Å². The number of carboxylic acid groups (broad SMARTS) is 1. The monoisotopic (exact) mass is 257 g/mol. The van der Waals surface area contributed by atoms with Gasteiger partial charge < -0.3 is 10.4 Å². The number of fused-ring (bicyclic) bond motifs is 1. The number of benzene rings is 1. The van der Waals surface area contributed by atoms with Gasteiger partial charge in [0, 0.05) is 16.3 Å². The lowest BCUT2D eigenvalue weighted by molar-refractivity contribution is -0.138. The van der Waals surface area contributed by atoms with Crippen LogP contribution in [0.1, 0.15) is 25.7 Å². The third-order valence-corrected chi connectivity index (χ3v) is 3.75. The van der Waals surface area contributed by atoms with Gasteiger partial charge in [0.25, 0.3) is 0 Å². The minimum atomic E-state index is -0.777. The molecular weight excluding hydrogens is 242 g/mol. The van der Waals surface area contributed by atoms with Crippen LogP contribution in [-0.4, -0.2) is 26.8 Å². The Kier molecular flexibility index (Phi) is 2.81. The normalized spacial score (nSPS) is 16.8. The number of carboxylic acids is 1. The average Bonchev–Trinajstić information content (AvgIpc) is 2.36. The fourth-order valence-electron chi connectivity index (χ4n) is 2.61. The minimum absolute atomic E-state index is 0.123. The first kappa shape index (κ1) is 11.9. The molecule has 5 heteroatoms. The highest BCUT2D eigenvalue weighted by atomic mass is 16.4. The van der Waals surface area contributed by atoms with Gasteiger partial charge in [-0.2, -0.15) is 5.10 Å². The number of nitrogens with one attached hydrogen (secondary N) is 1. The SMILES string of the molecule is O=C(O)CC1(Nc2nncc3ccccc23)CCC1. The first-order valence-corrected chi connectivity index (χ1v) is 6.39. The summed E-state index contributed by atoms with van der Waals surface area (Å²) in [5.74, 6) is -0.0977. The van der Waals surface area contributed by atoms with Crippen LogP contribution < -0.4 is 5.32 Å². The number of nitrogens with zero attached hydrogens (tertiary/aromatic N) is 2. The van der Waals surface area contributed by atoms with Crippen molar-refractivity contribution < 1.29 is 9.90 Å². The molecule has 0 spiro atoms. The molecule has 0 radical (unpaired) electrons. The maximum atomic E-state index is 11.0. The standard InChI is InChI=1S/C14H15N3O2/c18-12(19)8-14(6-3-7-14)16-13-11-5-2-1-4-10(11)9-15-17-13/h1-2,4-5,9H,3,6-8H2,(H,16,17)(H,18,19). The van der Waals surface area contributed by atoms with Gasteiger partial charge in [0.15, 0.2) is 5.82 Å². The Hall–Kier alpha value is -2.17. The highest BCUT2D eigenvalue weighted by Crippen LogP contribution is 2.38. The molecule has 3 rings (SSSR count). The number of aromatic nitrogens is 2. The van der Waals surface area contributed by atoms with Crippen LogP contribution in [-0.2, 0) is 4.79 Å². The van der Waals surface area contributed by atoms with Crippen molar-refractivity contribution in [1.29, 1.82) is 0 Å². The van der Waals surface area contributed by atoms with E-state index >= 15 is 0 Å². The Labute approximate surface area is 110 Å². The molecule has 1 aliphatic rings. The average molecular weight is 257 g/mol. The van der Waals surface area contributed by atoms with Crippen molar-refractivity contribution in [2.45, 2.75) is 31.2 Å². The van der Waals surface area contributed by atoms with Crippen LogP contribution in [0, 0.1) is 0 Å². The van der Waals surface area contributed by atoms with E-state index in [0.29, 0.717) is 5.82 Å². The molecule has 98 valence electrons. The van der Waals surface area contributed by atoms with Gasteiger partial charge in [-0.25, -0.2) is 0 Å². The maximum Gasteiger partial charge on any atom is 0.305 e. The third-order valence-electron chi connectivity index (χ3n) is 3.75. The van der Waals surface area contributed by atoms with Gasteiger partial charge in [-0.1, -0.05) is 24.3 Å². The minimum Gasteiger partial charge on any atom is -0.481 e. The Morgan fingerprint density at radius 2 is 2.16 bits per heavy atom. The molecule has 0 atom stereocenters. The van der Waals surface area contributed by atoms with Crippen LogP contribution in [0.2, 0.25) is 0 Å². The Balaban J connectivity index is 1.94. The highest BCUT2D eigenvalue weighted by Gasteiger charge is 2.39. The van der Waals surface area contributed by atoms with Gasteiger partial charge in [0.05, 0.1) is 12.6 Å². The lowest BCUT2D eigenvalue weighted by Crippen LogP contribution is -2.47. The van der Waals surface area contributed by atoms with E-state index in [1.165, 1.54) is 0 Å². The van der Waals surface area contributed by atoms with Gasteiger partial charge in [-0.15, -0.1) is 5.10 Å². The van der Waals surface area contributed by atoms with Crippen LogP contribution in [0.25, 0.3) is 10.8 Å². The molecule has 1 saturated carbocycles. The first-order chi connectivity index (χ1) is 9.19. The molecule has 0 bridgehead atoms. The lowest BCUT2D eigenvalue weighted by atomic mass is 9.74. The zero-order chi connectivity index (χ0) is 13.3. The molecule has 1 fully saturated rings. The molecule has 19 heavy (non-hydrogen) atoms. The van der Waals surface area contributed by atoms with Crippen molar-refractivity contribution in [2.75, 3.05) is 5.32 Å². The van der Waals surface area contributed by atoms with Crippen LogP contribution in [0.4, 0.5) is 5.82 Å². The zero-order valence-electron chi connectivity index (χ0n) is 10.5. The molecule has 1 aromatic carbocycles. The second-order valence-electron chi connectivity index (χ2n) is 5.11. The molecule has 5 nitrogen and oxygen atoms in total. The van der Waals surface area contributed by atoms with Gasteiger partial charge in [-0.3, -0.25) is 4.79 Å².